The minimum absolute atomic E-state index is 0.0563. The molecule has 0 radical (unpaired) electrons. The molecule has 0 spiro atoms. The number of nitrogens with zero attached hydrogens (tertiary/aromatic N) is 1. The average molecular weight is 236 g/mol. The fraction of sp³-hybridized carbons (Fsp3) is 0.538. The minimum atomic E-state index is -0.104. The Morgan fingerprint density at radius 3 is 3.06 bits per heavy atom. The van der Waals surface area contributed by atoms with E-state index >= 15 is 0 Å². The molecule has 4 heteroatoms. The molecule has 2 atom stereocenters. The van der Waals surface area contributed by atoms with E-state index in [1.165, 1.54) is 0 Å². The van der Waals surface area contributed by atoms with Gasteiger partial charge in [-0.2, -0.15) is 0 Å². The summed E-state index contributed by atoms with van der Waals surface area (Å²) in [6.07, 6.45) is 0.0563. The lowest BCUT2D eigenvalue weighted by Crippen LogP contribution is -2.45. The van der Waals surface area contributed by atoms with Crippen LogP contribution in [0.2, 0.25) is 0 Å². The average Bonchev–Trinajstić information content (AvgIpc) is 2.38. The van der Waals surface area contributed by atoms with E-state index in [4.69, 9.17) is 15.2 Å². The summed E-state index contributed by atoms with van der Waals surface area (Å²) in [7, 11) is 3.75. The third-order valence-electron chi connectivity index (χ3n) is 3.18. The first-order valence-corrected chi connectivity index (χ1v) is 5.90. The number of rotatable bonds is 3. The number of likely N-dealkylation sites (N-methyl/N-ethyl adjacent to an activating group) is 1. The Bertz CT molecular complexity index is 370. The van der Waals surface area contributed by atoms with Gasteiger partial charge in [0.15, 0.2) is 0 Å². The van der Waals surface area contributed by atoms with Crippen molar-refractivity contribution >= 4 is 0 Å². The SMILES string of the molecule is COc1cccc(C(N)C2CN(C)CCO2)c1. The molecule has 2 unspecified atom stereocenters. The highest BCUT2D eigenvalue weighted by Crippen LogP contribution is 2.23. The molecule has 1 saturated heterocycles. The van der Waals surface area contributed by atoms with E-state index in [1.54, 1.807) is 7.11 Å². The van der Waals surface area contributed by atoms with Crippen LogP contribution in [0.25, 0.3) is 0 Å². The first-order valence-electron chi connectivity index (χ1n) is 5.90. The molecule has 1 aromatic rings. The van der Waals surface area contributed by atoms with Gasteiger partial charge in [-0.15, -0.1) is 0 Å². The predicted octanol–water partition coefficient (Wildman–Crippen LogP) is 1.03. The lowest BCUT2D eigenvalue weighted by Gasteiger charge is -2.33. The van der Waals surface area contributed by atoms with Gasteiger partial charge in [0.05, 0.1) is 25.9 Å². The second-order valence-corrected chi connectivity index (χ2v) is 4.47. The summed E-state index contributed by atoms with van der Waals surface area (Å²) < 4.78 is 10.9. The first kappa shape index (κ1) is 12.4. The zero-order valence-electron chi connectivity index (χ0n) is 10.4. The van der Waals surface area contributed by atoms with E-state index in [-0.39, 0.29) is 12.1 Å². The maximum absolute atomic E-state index is 6.25. The highest BCUT2D eigenvalue weighted by Gasteiger charge is 2.25. The molecule has 0 aliphatic carbocycles. The van der Waals surface area contributed by atoms with Crippen molar-refractivity contribution in [2.45, 2.75) is 12.1 Å². The van der Waals surface area contributed by atoms with E-state index in [1.807, 2.05) is 24.3 Å². The summed E-state index contributed by atoms with van der Waals surface area (Å²) in [4.78, 5) is 2.24. The number of morpholine rings is 1. The van der Waals surface area contributed by atoms with E-state index in [0.717, 1.165) is 31.0 Å². The molecule has 1 fully saturated rings. The Labute approximate surface area is 102 Å². The summed E-state index contributed by atoms with van der Waals surface area (Å²) in [5.74, 6) is 0.835. The summed E-state index contributed by atoms with van der Waals surface area (Å²) in [5.41, 5.74) is 7.31. The second-order valence-electron chi connectivity index (χ2n) is 4.47. The van der Waals surface area contributed by atoms with Gasteiger partial charge in [-0.1, -0.05) is 12.1 Å². The fourth-order valence-electron chi connectivity index (χ4n) is 2.09. The fourth-order valence-corrected chi connectivity index (χ4v) is 2.09. The molecule has 4 nitrogen and oxygen atoms in total. The molecule has 17 heavy (non-hydrogen) atoms. The van der Waals surface area contributed by atoms with Gasteiger partial charge in [0.1, 0.15) is 5.75 Å². The number of nitrogens with two attached hydrogens (primary N) is 1. The van der Waals surface area contributed by atoms with Gasteiger partial charge >= 0.3 is 0 Å². The number of ether oxygens (including phenoxy) is 2. The van der Waals surface area contributed by atoms with E-state index in [9.17, 15) is 0 Å². The highest BCUT2D eigenvalue weighted by molar-refractivity contribution is 5.31. The van der Waals surface area contributed by atoms with Crippen molar-refractivity contribution in [2.24, 2.45) is 5.73 Å². The van der Waals surface area contributed by atoms with Crippen molar-refractivity contribution in [1.82, 2.24) is 4.90 Å². The molecule has 2 rings (SSSR count). The molecule has 0 aromatic heterocycles. The van der Waals surface area contributed by atoms with E-state index < -0.39 is 0 Å². The van der Waals surface area contributed by atoms with Gasteiger partial charge in [0.2, 0.25) is 0 Å². The molecule has 0 saturated carbocycles. The van der Waals surface area contributed by atoms with Crippen LogP contribution < -0.4 is 10.5 Å². The molecule has 1 aliphatic heterocycles. The standard InChI is InChI=1S/C13H20N2O2/c1-15-6-7-17-12(9-15)13(14)10-4-3-5-11(8-10)16-2/h3-5,8,12-13H,6-7,9,14H2,1-2H3. The van der Waals surface area contributed by atoms with Crippen LogP contribution in [0.15, 0.2) is 24.3 Å². The van der Waals surface area contributed by atoms with Gasteiger partial charge < -0.3 is 20.1 Å². The van der Waals surface area contributed by atoms with Crippen molar-refractivity contribution in [1.29, 1.82) is 0 Å². The predicted molar refractivity (Wildman–Crippen MR) is 67.2 cm³/mol. The Morgan fingerprint density at radius 2 is 2.35 bits per heavy atom. The monoisotopic (exact) mass is 236 g/mol. The lowest BCUT2D eigenvalue weighted by atomic mass is 10.0. The zero-order valence-corrected chi connectivity index (χ0v) is 10.4. The molecule has 2 N–H and O–H groups in total. The van der Waals surface area contributed by atoms with Crippen LogP contribution in [0.1, 0.15) is 11.6 Å². The van der Waals surface area contributed by atoms with Crippen LogP contribution in [-0.2, 0) is 4.74 Å². The van der Waals surface area contributed by atoms with Gasteiger partial charge in [-0.05, 0) is 24.7 Å². The Morgan fingerprint density at radius 1 is 1.53 bits per heavy atom. The van der Waals surface area contributed by atoms with Crippen LogP contribution in [0.3, 0.4) is 0 Å². The van der Waals surface area contributed by atoms with Crippen LogP contribution in [0, 0.1) is 0 Å². The van der Waals surface area contributed by atoms with Crippen LogP contribution in [0.4, 0.5) is 0 Å². The molecule has 0 bridgehead atoms. The molecule has 94 valence electrons. The van der Waals surface area contributed by atoms with Gasteiger partial charge in [0.25, 0.3) is 0 Å². The minimum Gasteiger partial charge on any atom is -0.497 e. The Hall–Kier alpha value is -1.10. The van der Waals surface area contributed by atoms with Crippen molar-refractivity contribution in [3.8, 4) is 5.75 Å². The smallest absolute Gasteiger partial charge is 0.119 e. The van der Waals surface area contributed by atoms with Crippen molar-refractivity contribution in [2.75, 3.05) is 33.9 Å². The molecular weight excluding hydrogens is 216 g/mol. The van der Waals surface area contributed by atoms with Crippen molar-refractivity contribution < 1.29 is 9.47 Å². The maximum atomic E-state index is 6.25. The second kappa shape index (κ2) is 5.49. The molecule has 0 amide bonds. The molecular formula is C13H20N2O2. The highest BCUT2D eigenvalue weighted by atomic mass is 16.5. The third-order valence-corrected chi connectivity index (χ3v) is 3.18. The molecule has 1 aliphatic rings. The van der Waals surface area contributed by atoms with Gasteiger partial charge in [0, 0.05) is 13.1 Å². The normalized spacial score (nSPS) is 23.4. The van der Waals surface area contributed by atoms with Crippen LogP contribution >= 0.6 is 0 Å². The van der Waals surface area contributed by atoms with Crippen molar-refractivity contribution in [3.63, 3.8) is 0 Å². The number of hydrogen-bond donors (Lipinski definition) is 1. The zero-order chi connectivity index (χ0) is 12.3. The number of hydrogen-bond acceptors (Lipinski definition) is 4. The third kappa shape index (κ3) is 2.97. The summed E-state index contributed by atoms with van der Waals surface area (Å²) in [6.45, 7) is 2.60. The molecule has 1 heterocycles. The van der Waals surface area contributed by atoms with Gasteiger partial charge in [-0.25, -0.2) is 0 Å². The van der Waals surface area contributed by atoms with Crippen LogP contribution in [0.5, 0.6) is 5.75 Å². The molecule has 1 aromatic carbocycles. The Kier molecular flexibility index (Phi) is 3.99. The maximum Gasteiger partial charge on any atom is 0.119 e. The Balaban J connectivity index is 2.09. The van der Waals surface area contributed by atoms with Crippen LogP contribution in [-0.4, -0.2) is 44.9 Å². The number of benzene rings is 1. The summed E-state index contributed by atoms with van der Waals surface area (Å²) in [5, 5.41) is 0. The largest absolute Gasteiger partial charge is 0.497 e. The van der Waals surface area contributed by atoms with E-state index in [2.05, 4.69) is 11.9 Å². The topological polar surface area (TPSA) is 47.7 Å². The van der Waals surface area contributed by atoms with Crippen molar-refractivity contribution in [3.05, 3.63) is 29.8 Å². The summed E-state index contributed by atoms with van der Waals surface area (Å²) in [6, 6.07) is 7.77. The van der Waals surface area contributed by atoms with E-state index in [0.29, 0.717) is 0 Å². The van der Waals surface area contributed by atoms with Gasteiger partial charge in [-0.3, -0.25) is 0 Å². The first-order chi connectivity index (χ1) is 8.20. The lowest BCUT2D eigenvalue weighted by molar-refractivity contribution is -0.0326. The quantitative estimate of drug-likeness (QED) is 0.851. The summed E-state index contributed by atoms with van der Waals surface area (Å²) >= 11 is 0. The number of methoxy groups -OCH3 is 1.